The third kappa shape index (κ3) is 12.2. The number of nitrogens with zero attached hydrogens (tertiary/aromatic N) is 1. The molecule has 3 atom stereocenters. The van der Waals surface area contributed by atoms with Gasteiger partial charge in [-0.25, -0.2) is 9.59 Å². The van der Waals surface area contributed by atoms with E-state index in [2.05, 4.69) is 5.32 Å². The standard InChI is InChI=1S/C41H52N2O12/c1-9-26(2)31-21-29(16-18-34(31)51-24-48-6)38(45)42-33-23-43(55-40(47)54-41(3,4)5)20-10-11-36(33)53-39(46)28-14-12-27(13-15-28)37(44)32-22-30(50-8)17-19-35(32)52-25-49-7/h12-19,21-22,26,33,36H,9-11,20,23-25H2,1-8H3,(H,42,45)/t26?,33-,36-/m1/s1. The van der Waals surface area contributed by atoms with Crippen LogP contribution in [0.25, 0.3) is 0 Å². The van der Waals surface area contributed by atoms with Crippen molar-refractivity contribution in [2.75, 3.05) is 48.0 Å². The largest absolute Gasteiger partial charge is 0.528 e. The van der Waals surface area contributed by atoms with Crippen molar-refractivity contribution in [2.45, 2.75) is 77.5 Å². The number of carbonyl (C=O) groups is 4. The molecule has 0 spiro atoms. The van der Waals surface area contributed by atoms with E-state index >= 15 is 0 Å². The van der Waals surface area contributed by atoms with Crippen molar-refractivity contribution in [3.63, 3.8) is 0 Å². The molecule has 0 bridgehead atoms. The van der Waals surface area contributed by atoms with Crippen LogP contribution in [0.3, 0.4) is 0 Å². The lowest BCUT2D eigenvalue weighted by molar-refractivity contribution is -0.144. The number of rotatable bonds is 16. The van der Waals surface area contributed by atoms with Gasteiger partial charge in [0.25, 0.3) is 5.91 Å². The van der Waals surface area contributed by atoms with Crippen LogP contribution in [0.5, 0.6) is 17.2 Å². The van der Waals surface area contributed by atoms with E-state index in [9.17, 15) is 19.2 Å². The second kappa shape index (κ2) is 19.9. The van der Waals surface area contributed by atoms with Crippen molar-refractivity contribution in [1.29, 1.82) is 0 Å². The molecule has 14 heteroatoms. The predicted octanol–water partition coefficient (Wildman–Crippen LogP) is 6.69. The molecule has 3 aromatic carbocycles. The summed E-state index contributed by atoms with van der Waals surface area (Å²) >= 11 is 0. The molecule has 0 aromatic heterocycles. The number of hydroxylamine groups is 2. The van der Waals surface area contributed by atoms with Gasteiger partial charge in [0.05, 0.1) is 30.8 Å². The van der Waals surface area contributed by atoms with Crippen molar-refractivity contribution in [1.82, 2.24) is 10.4 Å². The molecular weight excluding hydrogens is 712 g/mol. The summed E-state index contributed by atoms with van der Waals surface area (Å²) in [5.74, 6) is 0.0629. The van der Waals surface area contributed by atoms with Gasteiger partial charge in [-0.1, -0.05) is 26.0 Å². The molecular formula is C41H52N2O12. The number of nitrogens with one attached hydrogen (secondary N) is 1. The number of esters is 1. The highest BCUT2D eigenvalue weighted by atomic mass is 16.8. The van der Waals surface area contributed by atoms with Crippen LogP contribution in [0, 0.1) is 0 Å². The van der Waals surface area contributed by atoms with Crippen molar-refractivity contribution >= 4 is 23.8 Å². The molecule has 4 rings (SSSR count). The van der Waals surface area contributed by atoms with Gasteiger partial charge in [0.2, 0.25) is 0 Å². The van der Waals surface area contributed by atoms with E-state index in [-0.39, 0.29) is 43.0 Å². The fourth-order valence-electron chi connectivity index (χ4n) is 5.82. The Kier molecular flexibility index (Phi) is 15.4. The third-order valence-electron chi connectivity index (χ3n) is 8.81. The smallest absolute Gasteiger partial charge is 0.497 e. The second-order valence-electron chi connectivity index (χ2n) is 14.0. The van der Waals surface area contributed by atoms with Gasteiger partial charge in [-0.15, -0.1) is 5.06 Å². The maximum Gasteiger partial charge on any atom is 0.528 e. The first kappa shape index (κ1) is 42.6. The molecule has 55 heavy (non-hydrogen) atoms. The van der Waals surface area contributed by atoms with E-state index in [1.165, 1.54) is 50.7 Å². The summed E-state index contributed by atoms with van der Waals surface area (Å²) in [5, 5.41) is 4.43. The maximum atomic E-state index is 13.8. The van der Waals surface area contributed by atoms with Crippen LogP contribution in [0.2, 0.25) is 0 Å². The number of hydrogen-bond acceptors (Lipinski definition) is 13. The zero-order valence-electron chi connectivity index (χ0n) is 32.8. The summed E-state index contributed by atoms with van der Waals surface area (Å²) < 4.78 is 38.1. The average Bonchev–Trinajstić information content (AvgIpc) is 3.35. The van der Waals surface area contributed by atoms with Crippen molar-refractivity contribution in [2.24, 2.45) is 0 Å². The Morgan fingerprint density at radius 1 is 0.855 bits per heavy atom. The van der Waals surface area contributed by atoms with Crippen LogP contribution in [0.1, 0.15) is 102 Å². The Hall–Kier alpha value is -5.18. The monoisotopic (exact) mass is 764 g/mol. The van der Waals surface area contributed by atoms with Gasteiger partial charge in [-0.3, -0.25) is 9.59 Å². The Labute approximate surface area is 322 Å². The summed E-state index contributed by atoms with van der Waals surface area (Å²) in [4.78, 5) is 59.1. The first-order chi connectivity index (χ1) is 26.3. The van der Waals surface area contributed by atoms with Gasteiger partial charge in [-0.05, 0) is 100 Å². The van der Waals surface area contributed by atoms with E-state index in [0.29, 0.717) is 47.8 Å². The first-order valence-electron chi connectivity index (χ1n) is 18.1. The number of carbonyl (C=O) groups excluding carboxylic acids is 4. The van der Waals surface area contributed by atoms with E-state index in [0.717, 1.165) is 12.0 Å². The first-order valence-corrected chi connectivity index (χ1v) is 18.1. The van der Waals surface area contributed by atoms with Gasteiger partial charge in [0, 0.05) is 31.9 Å². The molecule has 1 aliphatic rings. The molecule has 1 N–H and O–H groups in total. The third-order valence-corrected chi connectivity index (χ3v) is 8.81. The maximum absolute atomic E-state index is 13.8. The summed E-state index contributed by atoms with van der Waals surface area (Å²) in [6.45, 7) is 9.59. The molecule has 1 saturated heterocycles. The molecule has 1 aliphatic heterocycles. The molecule has 1 heterocycles. The SMILES string of the molecule is CCC(C)c1cc(C(=O)N[C@@H]2CN(OC(=O)OC(C)(C)C)CCC[C@H]2OC(=O)c2ccc(C(=O)c3cc(OC)ccc3OCOC)cc2)ccc1OCOC. The molecule has 1 fully saturated rings. The number of hydrogen-bond donors (Lipinski definition) is 1. The molecule has 0 saturated carbocycles. The number of benzene rings is 3. The number of methoxy groups -OCH3 is 3. The van der Waals surface area contributed by atoms with Crippen molar-refractivity contribution in [3.8, 4) is 17.2 Å². The Bertz CT molecular complexity index is 1770. The lowest BCUT2D eigenvalue weighted by Crippen LogP contribution is -2.50. The molecule has 3 aromatic rings. The topological polar surface area (TPSA) is 157 Å². The number of ether oxygens (including phenoxy) is 7. The zero-order chi connectivity index (χ0) is 40.1. The van der Waals surface area contributed by atoms with E-state index in [1.54, 1.807) is 57.2 Å². The lowest BCUT2D eigenvalue weighted by Gasteiger charge is -2.29. The molecule has 298 valence electrons. The fourth-order valence-corrected chi connectivity index (χ4v) is 5.82. The second-order valence-corrected chi connectivity index (χ2v) is 14.0. The Morgan fingerprint density at radius 3 is 2.13 bits per heavy atom. The van der Waals surface area contributed by atoms with Gasteiger partial charge in [0.1, 0.15) is 29.0 Å². The number of amides is 1. The summed E-state index contributed by atoms with van der Waals surface area (Å²) in [7, 11) is 4.51. The van der Waals surface area contributed by atoms with Crippen molar-refractivity contribution in [3.05, 3.63) is 88.5 Å². The highest BCUT2D eigenvalue weighted by Gasteiger charge is 2.34. The van der Waals surface area contributed by atoms with E-state index in [1.807, 2.05) is 13.8 Å². The summed E-state index contributed by atoms with van der Waals surface area (Å²) in [6, 6.07) is 15.3. The van der Waals surface area contributed by atoms with Crippen LogP contribution >= 0.6 is 0 Å². The van der Waals surface area contributed by atoms with E-state index in [4.69, 9.17) is 38.0 Å². The van der Waals surface area contributed by atoms with Crippen LogP contribution < -0.4 is 19.5 Å². The molecule has 14 nitrogen and oxygen atoms in total. The van der Waals surface area contributed by atoms with Crippen LogP contribution in [-0.2, 0) is 23.8 Å². The summed E-state index contributed by atoms with van der Waals surface area (Å²) in [6.07, 6.45) is -0.0623. The minimum atomic E-state index is -0.890. The highest BCUT2D eigenvalue weighted by molar-refractivity contribution is 6.11. The van der Waals surface area contributed by atoms with Gasteiger partial charge in [0.15, 0.2) is 19.4 Å². The summed E-state index contributed by atoms with van der Waals surface area (Å²) in [5.41, 5.74) is 1.19. The normalized spacial score (nSPS) is 16.6. The van der Waals surface area contributed by atoms with Gasteiger partial charge < -0.3 is 43.3 Å². The molecule has 1 unspecified atom stereocenters. The number of ketones is 1. The highest BCUT2D eigenvalue weighted by Crippen LogP contribution is 2.31. The van der Waals surface area contributed by atoms with Crippen LogP contribution in [0.15, 0.2) is 60.7 Å². The van der Waals surface area contributed by atoms with Gasteiger partial charge in [-0.2, -0.15) is 0 Å². The minimum absolute atomic E-state index is 0.0115. The Morgan fingerprint density at radius 2 is 1.49 bits per heavy atom. The van der Waals surface area contributed by atoms with Gasteiger partial charge >= 0.3 is 12.1 Å². The molecule has 0 aliphatic carbocycles. The van der Waals surface area contributed by atoms with Crippen molar-refractivity contribution < 1.29 is 57.2 Å². The van der Waals surface area contributed by atoms with Crippen LogP contribution in [0.4, 0.5) is 4.79 Å². The predicted molar refractivity (Wildman–Crippen MR) is 202 cm³/mol. The minimum Gasteiger partial charge on any atom is -0.497 e. The fraction of sp³-hybridized carbons (Fsp3) is 0.463. The average molecular weight is 765 g/mol. The lowest BCUT2D eigenvalue weighted by atomic mass is 9.95. The Balaban J connectivity index is 1.56. The van der Waals surface area contributed by atoms with E-state index < -0.39 is 35.8 Å². The molecule has 1 amide bonds. The zero-order valence-corrected chi connectivity index (χ0v) is 32.8. The van der Waals surface area contributed by atoms with Crippen LogP contribution in [-0.4, -0.2) is 94.6 Å². The quantitative estimate of drug-likeness (QED) is 0.0936. The molecule has 0 radical (unpaired) electrons.